The maximum Gasteiger partial charge on any atom is 0.335 e. The average molecular weight is 344 g/mol. The van der Waals surface area contributed by atoms with Crippen LogP contribution in [0.3, 0.4) is 0 Å². The molecular formula is C18H32O6. The molecule has 0 aromatic rings. The van der Waals surface area contributed by atoms with E-state index in [-0.39, 0.29) is 12.1 Å². The zero-order chi connectivity index (χ0) is 19.1. The molecule has 0 aliphatic carbocycles. The molecule has 0 rings (SSSR count). The Bertz CT molecular complexity index is 398. The predicted octanol–water partition coefficient (Wildman–Crippen LogP) is 3.41. The Kier molecular flexibility index (Phi) is 15.3. The molecular weight excluding hydrogens is 312 g/mol. The fourth-order valence-corrected chi connectivity index (χ4v) is 1.32. The monoisotopic (exact) mass is 344 g/mol. The number of carbonyl (C=O) groups is 2. The maximum atomic E-state index is 11.0. The first-order chi connectivity index (χ1) is 11.2. The number of hydrogen-bond acceptors (Lipinski definition) is 6. The smallest absolute Gasteiger partial charge is 0.335 e. The molecule has 0 spiro atoms. The highest BCUT2D eigenvalue weighted by Crippen LogP contribution is 2.05. The minimum absolute atomic E-state index is 0.00620. The lowest BCUT2D eigenvalue weighted by atomic mass is 10.3. The first-order valence-corrected chi connectivity index (χ1v) is 7.97. The van der Waals surface area contributed by atoms with Crippen LogP contribution in [0.5, 0.6) is 0 Å². The normalized spacial score (nSPS) is 12.2. The molecule has 0 saturated carbocycles. The highest BCUT2D eigenvalue weighted by Gasteiger charge is 2.12. The number of hydrogen-bond donors (Lipinski definition) is 0. The van der Waals surface area contributed by atoms with E-state index in [4.69, 9.17) is 18.9 Å². The Hall–Kier alpha value is -1.66. The lowest BCUT2D eigenvalue weighted by Crippen LogP contribution is -2.20. The second kappa shape index (κ2) is 14.9. The van der Waals surface area contributed by atoms with E-state index in [2.05, 4.69) is 13.2 Å². The van der Waals surface area contributed by atoms with Crippen molar-refractivity contribution in [1.82, 2.24) is 0 Å². The van der Waals surface area contributed by atoms with Crippen LogP contribution in [0.1, 0.15) is 47.0 Å². The van der Waals surface area contributed by atoms with Crippen LogP contribution in [0.2, 0.25) is 0 Å². The summed E-state index contributed by atoms with van der Waals surface area (Å²) < 4.78 is 19.8. The van der Waals surface area contributed by atoms with Gasteiger partial charge < -0.3 is 18.9 Å². The first-order valence-electron chi connectivity index (χ1n) is 7.97. The van der Waals surface area contributed by atoms with Gasteiger partial charge in [-0.1, -0.05) is 33.4 Å². The third-order valence-electron chi connectivity index (χ3n) is 2.91. The summed E-state index contributed by atoms with van der Waals surface area (Å²) in [7, 11) is 3.12. The second-order valence-electron chi connectivity index (χ2n) is 5.28. The van der Waals surface area contributed by atoms with Gasteiger partial charge in [-0.2, -0.15) is 0 Å². The summed E-state index contributed by atoms with van der Waals surface area (Å²) >= 11 is 0. The molecule has 6 heteroatoms. The molecule has 2 unspecified atom stereocenters. The van der Waals surface area contributed by atoms with Gasteiger partial charge in [0.05, 0.1) is 6.10 Å². The van der Waals surface area contributed by atoms with Crippen molar-refractivity contribution in [2.75, 3.05) is 20.8 Å². The Morgan fingerprint density at radius 1 is 0.958 bits per heavy atom. The first kappa shape index (κ1) is 24.6. The van der Waals surface area contributed by atoms with Crippen LogP contribution in [0.15, 0.2) is 24.3 Å². The van der Waals surface area contributed by atoms with Crippen molar-refractivity contribution in [2.45, 2.75) is 59.4 Å². The predicted molar refractivity (Wildman–Crippen MR) is 93.5 cm³/mol. The summed E-state index contributed by atoms with van der Waals surface area (Å²) in [5.41, 5.74) is 0.814. The molecule has 0 aromatic heterocycles. The molecule has 0 aliphatic heterocycles. The third-order valence-corrected chi connectivity index (χ3v) is 2.91. The van der Waals surface area contributed by atoms with Gasteiger partial charge in [0.25, 0.3) is 0 Å². The van der Waals surface area contributed by atoms with E-state index in [0.717, 1.165) is 19.3 Å². The van der Waals surface area contributed by atoms with Crippen LogP contribution in [-0.2, 0) is 28.5 Å². The molecule has 0 aromatic carbocycles. The van der Waals surface area contributed by atoms with E-state index < -0.39 is 12.3 Å². The van der Waals surface area contributed by atoms with Crippen LogP contribution < -0.4 is 0 Å². The number of rotatable bonds is 10. The van der Waals surface area contributed by atoms with E-state index in [1.165, 1.54) is 7.11 Å². The van der Waals surface area contributed by atoms with Gasteiger partial charge in [0.1, 0.15) is 6.61 Å². The molecule has 0 fully saturated rings. The van der Waals surface area contributed by atoms with Gasteiger partial charge in [-0.25, -0.2) is 9.59 Å². The van der Waals surface area contributed by atoms with E-state index in [1.54, 1.807) is 21.0 Å². The van der Waals surface area contributed by atoms with Crippen molar-refractivity contribution in [3.05, 3.63) is 24.3 Å². The highest BCUT2D eigenvalue weighted by atomic mass is 16.7. The van der Waals surface area contributed by atoms with E-state index in [1.807, 2.05) is 13.8 Å². The Labute approximate surface area is 145 Å². The zero-order valence-electron chi connectivity index (χ0n) is 15.8. The van der Waals surface area contributed by atoms with Crippen molar-refractivity contribution in [3.63, 3.8) is 0 Å². The number of methoxy groups -OCH3 is 2. The summed E-state index contributed by atoms with van der Waals surface area (Å²) in [6.45, 7) is 14.5. The second-order valence-corrected chi connectivity index (χ2v) is 5.28. The minimum Gasteiger partial charge on any atom is -0.460 e. The topological polar surface area (TPSA) is 71.1 Å². The minimum atomic E-state index is -0.431. The average Bonchev–Trinajstić information content (AvgIpc) is 2.55. The Morgan fingerprint density at radius 2 is 1.50 bits per heavy atom. The highest BCUT2D eigenvalue weighted by molar-refractivity contribution is 5.87. The van der Waals surface area contributed by atoms with Crippen molar-refractivity contribution in [3.8, 4) is 0 Å². The number of esters is 2. The lowest BCUT2D eigenvalue weighted by molar-refractivity contribution is -0.169. The van der Waals surface area contributed by atoms with Gasteiger partial charge in [-0.15, -0.1) is 0 Å². The molecule has 0 saturated heterocycles. The van der Waals surface area contributed by atoms with Crippen molar-refractivity contribution >= 4 is 11.9 Å². The molecule has 0 heterocycles. The van der Waals surface area contributed by atoms with Crippen LogP contribution in [0.25, 0.3) is 0 Å². The lowest BCUT2D eigenvalue weighted by Gasteiger charge is -2.14. The van der Waals surface area contributed by atoms with Gasteiger partial charge in [0.2, 0.25) is 6.29 Å². The van der Waals surface area contributed by atoms with Crippen LogP contribution in [-0.4, -0.2) is 45.2 Å². The number of ether oxygens (including phenoxy) is 4. The van der Waals surface area contributed by atoms with Crippen molar-refractivity contribution in [2.24, 2.45) is 0 Å². The van der Waals surface area contributed by atoms with E-state index in [0.29, 0.717) is 17.8 Å². The van der Waals surface area contributed by atoms with Gasteiger partial charge in [0, 0.05) is 31.8 Å². The van der Waals surface area contributed by atoms with E-state index in [9.17, 15) is 9.59 Å². The third kappa shape index (κ3) is 12.8. The molecule has 24 heavy (non-hydrogen) atoms. The molecule has 0 radical (unpaired) electrons. The molecule has 2 atom stereocenters. The van der Waals surface area contributed by atoms with Crippen LogP contribution >= 0.6 is 0 Å². The van der Waals surface area contributed by atoms with Crippen LogP contribution in [0, 0.1) is 0 Å². The molecule has 0 bridgehead atoms. The van der Waals surface area contributed by atoms with Gasteiger partial charge in [-0.3, -0.25) is 0 Å². The quantitative estimate of drug-likeness (QED) is 0.344. The number of carbonyl (C=O) groups excluding carboxylic acids is 2. The molecule has 0 amide bonds. The summed E-state index contributed by atoms with van der Waals surface area (Å²) in [5.74, 6) is -0.749. The molecule has 0 aliphatic rings. The Balaban J connectivity index is 0. The summed E-state index contributed by atoms with van der Waals surface area (Å²) in [5, 5.41) is 0. The molecule has 0 N–H and O–H groups in total. The largest absolute Gasteiger partial charge is 0.460 e. The van der Waals surface area contributed by atoms with E-state index >= 15 is 0 Å². The fraction of sp³-hybridized carbons (Fsp3) is 0.667. The maximum absolute atomic E-state index is 11.0. The zero-order valence-corrected chi connectivity index (χ0v) is 15.8. The van der Waals surface area contributed by atoms with Crippen molar-refractivity contribution < 1.29 is 28.5 Å². The SMILES string of the molecule is C=C(C)C(=O)OC(CCC)OC.C=C(C)C(=O)OCC(CC)OC. The van der Waals surface area contributed by atoms with Gasteiger partial charge in [0.15, 0.2) is 0 Å². The van der Waals surface area contributed by atoms with Gasteiger partial charge in [-0.05, 0) is 20.3 Å². The summed E-state index contributed by atoms with van der Waals surface area (Å²) in [4.78, 5) is 21.9. The standard InChI is InChI=1S/2C9H16O3/c1-5-8(11-4)6-12-9(10)7(2)3;1-5-6-8(11-4)12-9(10)7(2)3/h2*8H,2,5-6H2,1,3-4H3. The summed E-state index contributed by atoms with van der Waals surface area (Å²) in [6.07, 6.45) is 2.03. The summed E-state index contributed by atoms with van der Waals surface area (Å²) in [6, 6.07) is 0. The van der Waals surface area contributed by atoms with Crippen molar-refractivity contribution in [1.29, 1.82) is 0 Å². The fourth-order valence-electron chi connectivity index (χ4n) is 1.32. The molecule has 140 valence electrons. The Morgan fingerprint density at radius 3 is 1.83 bits per heavy atom. The molecule has 6 nitrogen and oxygen atoms in total. The van der Waals surface area contributed by atoms with Gasteiger partial charge >= 0.3 is 11.9 Å². The van der Waals surface area contributed by atoms with Crippen LogP contribution in [0.4, 0.5) is 0 Å².